The molecule has 1 saturated heterocycles. The average molecular weight is 562 g/mol. The molecule has 4 rings (SSSR count). The summed E-state index contributed by atoms with van der Waals surface area (Å²) in [5, 5.41) is 21.7. The van der Waals surface area contributed by atoms with Gasteiger partial charge in [-0.3, -0.25) is 14.7 Å². The summed E-state index contributed by atoms with van der Waals surface area (Å²) in [5.41, 5.74) is 7.56. The summed E-state index contributed by atoms with van der Waals surface area (Å²) in [4.78, 5) is 18.3. The standard InChI is InChI=1S/C29H34F3N3O5/c1-39-19-2-3-24-21(12-19)27(18(16-33)17-34-24)25(36)4-5-29(15-26(37)38)6-8-35(9-7-29)10-11-40-20-13-22(30)28(32)23(31)14-20/h2-3,12-14,17,25,36H,4-11,15-16,33H2,1H3,(H,37,38)/t25-/m0/s1. The van der Waals surface area contributed by atoms with Gasteiger partial charge in [-0.2, -0.15) is 0 Å². The highest BCUT2D eigenvalue weighted by atomic mass is 19.2. The highest BCUT2D eigenvalue weighted by molar-refractivity contribution is 5.85. The number of pyridine rings is 1. The number of ether oxygens (including phenoxy) is 2. The lowest BCUT2D eigenvalue weighted by molar-refractivity contribution is -0.141. The highest BCUT2D eigenvalue weighted by Gasteiger charge is 2.37. The second-order valence-electron chi connectivity index (χ2n) is 10.3. The maximum Gasteiger partial charge on any atom is 0.303 e. The molecule has 4 N–H and O–H groups in total. The molecule has 0 bridgehead atoms. The Labute approximate surface area is 230 Å². The van der Waals surface area contributed by atoms with Gasteiger partial charge in [-0.25, -0.2) is 13.2 Å². The van der Waals surface area contributed by atoms with Gasteiger partial charge in [-0.15, -0.1) is 0 Å². The van der Waals surface area contributed by atoms with Crippen LogP contribution < -0.4 is 15.2 Å². The van der Waals surface area contributed by atoms with Gasteiger partial charge in [0.2, 0.25) is 0 Å². The predicted octanol–water partition coefficient (Wildman–Crippen LogP) is 4.57. The van der Waals surface area contributed by atoms with Crippen LogP contribution in [0.1, 0.15) is 49.3 Å². The number of likely N-dealkylation sites (tertiary alicyclic amines) is 1. The normalized spacial score (nSPS) is 16.1. The number of carboxylic acids is 1. The van der Waals surface area contributed by atoms with Crippen molar-refractivity contribution in [3.8, 4) is 11.5 Å². The number of hydrogen-bond acceptors (Lipinski definition) is 7. The summed E-state index contributed by atoms with van der Waals surface area (Å²) >= 11 is 0. The van der Waals surface area contributed by atoms with Gasteiger partial charge in [0.05, 0.1) is 25.2 Å². The van der Waals surface area contributed by atoms with Crippen LogP contribution in [0.15, 0.2) is 36.5 Å². The van der Waals surface area contributed by atoms with Crippen molar-refractivity contribution in [2.75, 3.05) is 33.4 Å². The van der Waals surface area contributed by atoms with Crippen molar-refractivity contribution >= 4 is 16.9 Å². The molecule has 1 aliphatic rings. The van der Waals surface area contributed by atoms with Crippen molar-refractivity contribution in [3.63, 3.8) is 0 Å². The fraction of sp³-hybridized carbons (Fsp3) is 0.448. The smallest absolute Gasteiger partial charge is 0.303 e. The van der Waals surface area contributed by atoms with Gasteiger partial charge in [0.25, 0.3) is 0 Å². The number of aliphatic hydroxyl groups is 1. The van der Waals surface area contributed by atoms with Crippen molar-refractivity contribution < 1.29 is 37.7 Å². The number of carbonyl (C=O) groups is 1. The van der Waals surface area contributed by atoms with Crippen molar-refractivity contribution in [1.29, 1.82) is 0 Å². The molecule has 2 aromatic carbocycles. The van der Waals surface area contributed by atoms with E-state index < -0.39 is 34.9 Å². The molecule has 1 aromatic heterocycles. The molecule has 0 saturated carbocycles. The topological polar surface area (TPSA) is 118 Å². The van der Waals surface area contributed by atoms with E-state index in [0.29, 0.717) is 62.1 Å². The Bertz CT molecular complexity index is 1320. The molecule has 0 spiro atoms. The predicted molar refractivity (Wildman–Crippen MR) is 143 cm³/mol. The Morgan fingerprint density at radius 3 is 2.48 bits per heavy atom. The Hall–Kier alpha value is -3.41. The van der Waals surface area contributed by atoms with E-state index in [2.05, 4.69) is 9.88 Å². The second kappa shape index (κ2) is 12.8. The minimum Gasteiger partial charge on any atom is -0.497 e. The zero-order valence-electron chi connectivity index (χ0n) is 22.3. The van der Waals surface area contributed by atoms with Crippen LogP contribution in [0.25, 0.3) is 10.9 Å². The second-order valence-corrected chi connectivity index (χ2v) is 10.3. The molecule has 11 heteroatoms. The van der Waals surface area contributed by atoms with Gasteiger partial charge in [-0.1, -0.05) is 0 Å². The number of nitrogens with two attached hydrogens (primary N) is 1. The van der Waals surface area contributed by atoms with Crippen LogP contribution in [0.5, 0.6) is 11.5 Å². The van der Waals surface area contributed by atoms with Crippen molar-refractivity contribution in [1.82, 2.24) is 9.88 Å². The molecular weight excluding hydrogens is 527 g/mol. The van der Waals surface area contributed by atoms with Gasteiger partial charge in [0.15, 0.2) is 17.5 Å². The number of carboxylic acid groups (broad SMARTS) is 1. The molecule has 2 heterocycles. The maximum absolute atomic E-state index is 13.4. The lowest BCUT2D eigenvalue weighted by Crippen LogP contribution is -2.42. The lowest BCUT2D eigenvalue weighted by Gasteiger charge is -2.41. The number of aliphatic hydroxyl groups excluding tert-OH is 1. The van der Waals surface area contributed by atoms with E-state index >= 15 is 0 Å². The van der Waals surface area contributed by atoms with Crippen LogP contribution in [0, 0.1) is 22.9 Å². The molecule has 40 heavy (non-hydrogen) atoms. The summed E-state index contributed by atoms with van der Waals surface area (Å²) in [7, 11) is 1.56. The van der Waals surface area contributed by atoms with Crippen LogP contribution in [0.4, 0.5) is 13.2 Å². The molecule has 0 amide bonds. The van der Waals surface area contributed by atoms with Crippen molar-refractivity contribution in [2.24, 2.45) is 11.1 Å². The van der Waals surface area contributed by atoms with Crippen LogP contribution >= 0.6 is 0 Å². The third-order valence-corrected chi connectivity index (χ3v) is 7.78. The van der Waals surface area contributed by atoms with E-state index in [1.54, 1.807) is 19.4 Å². The average Bonchev–Trinajstić information content (AvgIpc) is 2.94. The van der Waals surface area contributed by atoms with Gasteiger partial charge in [-0.05, 0) is 73.5 Å². The molecule has 216 valence electrons. The Balaban J connectivity index is 1.40. The molecule has 1 aliphatic heterocycles. The molecule has 1 fully saturated rings. The number of aromatic nitrogens is 1. The number of aliphatic carboxylic acids is 1. The molecule has 0 unspecified atom stereocenters. The fourth-order valence-corrected chi connectivity index (χ4v) is 5.50. The van der Waals surface area contributed by atoms with E-state index in [9.17, 15) is 28.2 Å². The summed E-state index contributed by atoms with van der Waals surface area (Å²) in [5.74, 6) is -4.53. The third kappa shape index (κ3) is 6.83. The molecule has 3 aromatic rings. The summed E-state index contributed by atoms with van der Waals surface area (Å²) in [6.07, 6.45) is 2.81. The molecule has 0 radical (unpaired) electrons. The van der Waals surface area contributed by atoms with Crippen molar-refractivity contribution in [3.05, 3.63) is 65.1 Å². The minimum absolute atomic E-state index is 0.0210. The van der Waals surface area contributed by atoms with Crippen LogP contribution in [0.2, 0.25) is 0 Å². The van der Waals surface area contributed by atoms with E-state index in [1.165, 1.54) is 0 Å². The van der Waals surface area contributed by atoms with Gasteiger partial charge >= 0.3 is 5.97 Å². The van der Waals surface area contributed by atoms with Gasteiger partial charge < -0.3 is 25.4 Å². The van der Waals surface area contributed by atoms with Gasteiger partial charge in [0.1, 0.15) is 18.1 Å². The maximum atomic E-state index is 13.4. The Morgan fingerprint density at radius 2 is 1.85 bits per heavy atom. The summed E-state index contributed by atoms with van der Waals surface area (Å²) < 4.78 is 50.7. The largest absolute Gasteiger partial charge is 0.497 e. The van der Waals surface area contributed by atoms with Crippen molar-refractivity contribution in [2.45, 2.75) is 44.8 Å². The number of rotatable bonds is 12. The monoisotopic (exact) mass is 561 g/mol. The minimum atomic E-state index is -1.54. The summed E-state index contributed by atoms with van der Waals surface area (Å²) in [6.45, 7) is 1.98. The first-order valence-electron chi connectivity index (χ1n) is 13.2. The number of nitrogens with zero attached hydrogens (tertiary/aromatic N) is 2. The lowest BCUT2D eigenvalue weighted by atomic mass is 9.71. The third-order valence-electron chi connectivity index (χ3n) is 7.78. The molecule has 1 atom stereocenters. The van der Waals surface area contributed by atoms with Crippen LogP contribution in [-0.2, 0) is 11.3 Å². The highest BCUT2D eigenvalue weighted by Crippen LogP contribution is 2.42. The summed E-state index contributed by atoms with van der Waals surface area (Å²) in [6, 6.07) is 7.04. The molecule has 8 nitrogen and oxygen atoms in total. The molecular formula is C29H34F3N3O5. The first kappa shape index (κ1) is 29.6. The van der Waals surface area contributed by atoms with E-state index in [4.69, 9.17) is 15.2 Å². The van der Waals surface area contributed by atoms with E-state index in [-0.39, 0.29) is 25.3 Å². The number of piperidine rings is 1. The van der Waals surface area contributed by atoms with E-state index in [0.717, 1.165) is 23.1 Å². The van der Waals surface area contributed by atoms with Crippen LogP contribution in [-0.4, -0.2) is 59.4 Å². The fourth-order valence-electron chi connectivity index (χ4n) is 5.50. The number of fused-ring (bicyclic) bond motifs is 1. The van der Waals surface area contributed by atoms with E-state index in [1.807, 2.05) is 12.1 Å². The number of methoxy groups -OCH3 is 1. The Kier molecular flexibility index (Phi) is 9.49. The van der Waals surface area contributed by atoms with Crippen LogP contribution in [0.3, 0.4) is 0 Å². The Morgan fingerprint density at radius 1 is 1.15 bits per heavy atom. The first-order valence-corrected chi connectivity index (χ1v) is 13.2. The van der Waals surface area contributed by atoms with Gasteiger partial charge in [0, 0.05) is 36.8 Å². The quantitative estimate of drug-likeness (QED) is 0.275. The number of benzene rings is 2. The number of halogens is 3. The zero-order chi connectivity index (χ0) is 28.9. The number of hydrogen-bond donors (Lipinski definition) is 3. The first-order chi connectivity index (χ1) is 19.1. The zero-order valence-corrected chi connectivity index (χ0v) is 22.3. The molecule has 0 aliphatic carbocycles. The SMILES string of the molecule is COc1ccc2ncc(CN)c([C@@H](O)CCC3(CC(=O)O)CCN(CCOc4cc(F)c(F)c(F)c4)CC3)c2c1.